The van der Waals surface area contributed by atoms with Crippen molar-refractivity contribution in [2.24, 2.45) is 0 Å². The molecule has 1 unspecified atom stereocenters. The van der Waals surface area contributed by atoms with Crippen molar-refractivity contribution in [1.82, 2.24) is 0 Å². The number of ketones is 1. The van der Waals surface area contributed by atoms with Crippen molar-refractivity contribution in [3.8, 4) is 5.75 Å². The first-order valence-corrected chi connectivity index (χ1v) is 11.6. The van der Waals surface area contributed by atoms with Crippen molar-refractivity contribution < 1.29 is 29.0 Å². The molecule has 1 N–H and O–H groups in total. The van der Waals surface area contributed by atoms with E-state index in [9.17, 15) is 19.5 Å². The summed E-state index contributed by atoms with van der Waals surface area (Å²) in [6.07, 6.45) is 0. The number of nitrogens with zero attached hydrogens (tertiary/aromatic N) is 1. The number of hydrogen-bond acceptors (Lipinski definition) is 6. The van der Waals surface area contributed by atoms with Crippen LogP contribution >= 0.6 is 11.6 Å². The minimum absolute atomic E-state index is 0.102. The lowest BCUT2D eigenvalue weighted by Gasteiger charge is -2.26. The van der Waals surface area contributed by atoms with E-state index in [2.05, 4.69) is 0 Å². The molecule has 0 saturated carbocycles. The van der Waals surface area contributed by atoms with Crippen LogP contribution in [0.4, 0.5) is 5.69 Å². The monoisotopic (exact) mass is 505 g/mol. The molecule has 0 aliphatic carbocycles. The van der Waals surface area contributed by atoms with Crippen LogP contribution in [-0.4, -0.2) is 36.5 Å². The number of aliphatic hydroxyl groups is 1. The van der Waals surface area contributed by atoms with E-state index in [0.717, 1.165) is 5.56 Å². The molecule has 0 aromatic heterocycles. The van der Waals surface area contributed by atoms with Gasteiger partial charge >= 0.3 is 5.97 Å². The Labute approximate surface area is 213 Å². The lowest BCUT2D eigenvalue weighted by Crippen LogP contribution is -2.29. The van der Waals surface area contributed by atoms with E-state index in [0.29, 0.717) is 22.6 Å². The van der Waals surface area contributed by atoms with Gasteiger partial charge in [-0.25, -0.2) is 4.79 Å². The number of rotatable bonds is 6. The summed E-state index contributed by atoms with van der Waals surface area (Å²) in [7, 11) is 1.47. The Morgan fingerprint density at radius 1 is 1.06 bits per heavy atom. The maximum absolute atomic E-state index is 13.3. The number of carbonyl (C=O) groups is 3. The van der Waals surface area contributed by atoms with Crippen LogP contribution in [0, 0.1) is 6.92 Å². The number of ether oxygens (including phenoxy) is 2. The number of carbonyl (C=O) groups excluding carboxylic acids is 3. The number of halogens is 1. The van der Waals surface area contributed by atoms with E-state index in [-0.39, 0.29) is 22.8 Å². The van der Waals surface area contributed by atoms with E-state index < -0.39 is 29.5 Å². The van der Waals surface area contributed by atoms with Crippen LogP contribution in [0.5, 0.6) is 5.75 Å². The molecule has 1 fully saturated rings. The molecule has 0 spiro atoms. The molecule has 1 atom stereocenters. The fourth-order valence-electron chi connectivity index (χ4n) is 4.18. The summed E-state index contributed by atoms with van der Waals surface area (Å²) < 4.78 is 10.3. The molecule has 4 rings (SSSR count). The van der Waals surface area contributed by atoms with Gasteiger partial charge < -0.3 is 14.6 Å². The Morgan fingerprint density at radius 3 is 2.42 bits per heavy atom. The zero-order valence-electron chi connectivity index (χ0n) is 19.9. The molecule has 3 aromatic rings. The molecular formula is C28H24ClNO6. The van der Waals surface area contributed by atoms with E-state index in [1.165, 1.54) is 30.2 Å². The third-order valence-corrected chi connectivity index (χ3v) is 6.22. The van der Waals surface area contributed by atoms with Gasteiger partial charge in [-0.1, -0.05) is 41.4 Å². The predicted molar refractivity (Wildman–Crippen MR) is 136 cm³/mol. The van der Waals surface area contributed by atoms with E-state index in [4.69, 9.17) is 21.1 Å². The standard InChI is InChI=1S/C28H24ClNO6/c1-4-36-28(34)17-8-10-19(11-9-17)30-24(18-7-5-6-16(2)14-18)23(26(32)27(30)33)25(31)21-15-20(35-3)12-13-22(21)29/h5-15,24,31H,4H2,1-3H3/b25-23+. The molecule has 36 heavy (non-hydrogen) atoms. The van der Waals surface area contributed by atoms with Gasteiger partial charge in [0.05, 0.1) is 35.9 Å². The highest BCUT2D eigenvalue weighted by molar-refractivity contribution is 6.52. The van der Waals surface area contributed by atoms with Crippen LogP contribution in [0.15, 0.2) is 72.3 Å². The first-order valence-electron chi connectivity index (χ1n) is 11.3. The van der Waals surface area contributed by atoms with Gasteiger partial charge in [0.2, 0.25) is 0 Å². The topological polar surface area (TPSA) is 93.1 Å². The molecule has 7 nitrogen and oxygen atoms in total. The van der Waals surface area contributed by atoms with E-state index in [1.54, 1.807) is 37.3 Å². The Kier molecular flexibility index (Phi) is 7.12. The maximum atomic E-state index is 13.3. The summed E-state index contributed by atoms with van der Waals surface area (Å²) in [5.74, 6) is -2.14. The van der Waals surface area contributed by atoms with Gasteiger partial charge in [0.1, 0.15) is 11.5 Å². The molecule has 0 radical (unpaired) electrons. The van der Waals surface area contributed by atoms with Crippen molar-refractivity contribution in [2.45, 2.75) is 19.9 Å². The van der Waals surface area contributed by atoms with Gasteiger partial charge in [0, 0.05) is 11.3 Å². The maximum Gasteiger partial charge on any atom is 0.338 e. The molecule has 1 amide bonds. The second-order valence-electron chi connectivity index (χ2n) is 8.20. The van der Waals surface area contributed by atoms with Gasteiger partial charge in [-0.3, -0.25) is 14.5 Å². The van der Waals surface area contributed by atoms with Crippen molar-refractivity contribution in [3.63, 3.8) is 0 Å². The summed E-state index contributed by atoms with van der Waals surface area (Å²) in [5.41, 5.74) is 2.30. The van der Waals surface area contributed by atoms with Crippen molar-refractivity contribution >= 4 is 40.7 Å². The van der Waals surface area contributed by atoms with Crippen LogP contribution in [0.2, 0.25) is 5.02 Å². The fourth-order valence-corrected chi connectivity index (χ4v) is 4.39. The van der Waals surface area contributed by atoms with Gasteiger partial charge in [0.25, 0.3) is 11.7 Å². The first kappa shape index (κ1) is 25.0. The lowest BCUT2D eigenvalue weighted by atomic mass is 9.94. The number of amides is 1. The average molecular weight is 506 g/mol. The molecule has 1 aliphatic rings. The zero-order valence-corrected chi connectivity index (χ0v) is 20.7. The number of aryl methyl sites for hydroxylation is 1. The molecule has 1 heterocycles. The molecule has 8 heteroatoms. The normalized spacial score (nSPS) is 16.8. The quantitative estimate of drug-likeness (QED) is 0.207. The van der Waals surface area contributed by atoms with Gasteiger partial charge in [-0.15, -0.1) is 0 Å². The fraction of sp³-hybridized carbons (Fsp3) is 0.179. The Bertz CT molecular complexity index is 1380. The van der Waals surface area contributed by atoms with Gasteiger partial charge in [-0.05, 0) is 61.9 Å². The number of benzene rings is 3. The van der Waals surface area contributed by atoms with Crippen molar-refractivity contribution in [2.75, 3.05) is 18.6 Å². The van der Waals surface area contributed by atoms with Crippen molar-refractivity contribution in [3.05, 3.63) is 99.6 Å². The molecular weight excluding hydrogens is 482 g/mol. The molecule has 1 aliphatic heterocycles. The predicted octanol–water partition coefficient (Wildman–Crippen LogP) is 5.46. The minimum atomic E-state index is -0.930. The molecule has 3 aromatic carbocycles. The van der Waals surface area contributed by atoms with Crippen LogP contribution in [0.3, 0.4) is 0 Å². The lowest BCUT2D eigenvalue weighted by molar-refractivity contribution is -0.132. The average Bonchev–Trinajstić information content (AvgIpc) is 3.14. The van der Waals surface area contributed by atoms with Gasteiger partial charge in [0.15, 0.2) is 0 Å². The Hall–Kier alpha value is -4.10. The SMILES string of the molecule is CCOC(=O)c1ccc(N2C(=O)C(=O)/C(=C(/O)c3cc(OC)ccc3Cl)C2c2cccc(C)c2)cc1. The van der Waals surface area contributed by atoms with Crippen LogP contribution < -0.4 is 9.64 Å². The molecule has 1 saturated heterocycles. The number of Topliss-reactive ketones (excluding diaryl/α,β-unsaturated/α-hetero) is 1. The largest absolute Gasteiger partial charge is 0.507 e. The summed E-state index contributed by atoms with van der Waals surface area (Å²) in [6, 6.07) is 17.3. The summed E-state index contributed by atoms with van der Waals surface area (Å²) >= 11 is 6.35. The number of aliphatic hydroxyl groups excluding tert-OH is 1. The first-order chi connectivity index (χ1) is 17.3. The van der Waals surface area contributed by atoms with Crippen LogP contribution in [0.25, 0.3) is 5.76 Å². The molecule has 0 bridgehead atoms. The summed E-state index contributed by atoms with van der Waals surface area (Å²) in [6.45, 7) is 3.83. The second kappa shape index (κ2) is 10.3. The number of anilines is 1. The van der Waals surface area contributed by atoms with E-state index in [1.807, 2.05) is 25.1 Å². The third kappa shape index (κ3) is 4.57. The highest BCUT2D eigenvalue weighted by atomic mass is 35.5. The molecule has 184 valence electrons. The van der Waals surface area contributed by atoms with Crippen LogP contribution in [0.1, 0.15) is 40.0 Å². The van der Waals surface area contributed by atoms with E-state index >= 15 is 0 Å². The van der Waals surface area contributed by atoms with Crippen molar-refractivity contribution in [1.29, 1.82) is 0 Å². The number of esters is 1. The number of methoxy groups -OCH3 is 1. The smallest absolute Gasteiger partial charge is 0.338 e. The number of hydrogen-bond donors (Lipinski definition) is 1. The highest BCUT2D eigenvalue weighted by Gasteiger charge is 2.47. The van der Waals surface area contributed by atoms with Crippen LogP contribution in [-0.2, 0) is 14.3 Å². The highest BCUT2D eigenvalue weighted by Crippen LogP contribution is 2.43. The Balaban J connectivity index is 1.90. The summed E-state index contributed by atoms with van der Waals surface area (Å²) in [5, 5.41) is 11.5. The minimum Gasteiger partial charge on any atom is -0.507 e. The van der Waals surface area contributed by atoms with Gasteiger partial charge in [-0.2, -0.15) is 0 Å². The zero-order chi connectivity index (χ0) is 26.0. The third-order valence-electron chi connectivity index (χ3n) is 5.89. The summed E-state index contributed by atoms with van der Waals surface area (Å²) in [4.78, 5) is 40.1. The second-order valence-corrected chi connectivity index (χ2v) is 8.60. The Morgan fingerprint density at radius 2 is 1.78 bits per heavy atom.